The van der Waals surface area contributed by atoms with Gasteiger partial charge < -0.3 is 5.11 Å². The van der Waals surface area contributed by atoms with E-state index in [1.807, 2.05) is 24.3 Å². The van der Waals surface area contributed by atoms with Gasteiger partial charge >= 0.3 is 0 Å². The lowest BCUT2D eigenvalue weighted by Gasteiger charge is -2.18. The molecule has 0 amide bonds. The van der Waals surface area contributed by atoms with Crippen molar-refractivity contribution in [3.63, 3.8) is 0 Å². The first-order valence-electron chi connectivity index (χ1n) is 7.84. The second-order valence-electron chi connectivity index (χ2n) is 6.24. The van der Waals surface area contributed by atoms with Crippen molar-refractivity contribution in [2.75, 3.05) is 0 Å². The molecule has 1 nitrogen and oxygen atoms in total. The second kappa shape index (κ2) is 5.94. The van der Waals surface area contributed by atoms with Crippen LogP contribution < -0.4 is 0 Å². The van der Waals surface area contributed by atoms with Crippen LogP contribution in [0.1, 0.15) is 48.1 Å². The molecule has 0 fully saturated rings. The quantitative estimate of drug-likeness (QED) is 0.689. The molecular formula is C21H22O. The van der Waals surface area contributed by atoms with Gasteiger partial charge in [0.15, 0.2) is 0 Å². The van der Waals surface area contributed by atoms with Gasteiger partial charge in [-0.3, -0.25) is 0 Å². The molecule has 1 atom stereocenters. The number of rotatable bonds is 3. The van der Waals surface area contributed by atoms with Gasteiger partial charge in [0, 0.05) is 0 Å². The molecule has 0 aliphatic rings. The van der Waals surface area contributed by atoms with Crippen LogP contribution in [0.4, 0.5) is 0 Å². The highest BCUT2D eigenvalue weighted by molar-refractivity contribution is 5.87. The zero-order valence-corrected chi connectivity index (χ0v) is 13.4. The smallest absolute Gasteiger partial charge is 0.105 e. The molecule has 3 aromatic rings. The minimum Gasteiger partial charge on any atom is -0.384 e. The van der Waals surface area contributed by atoms with E-state index in [1.54, 1.807) is 0 Å². The Morgan fingerprint density at radius 1 is 0.773 bits per heavy atom. The van der Waals surface area contributed by atoms with Crippen molar-refractivity contribution < 1.29 is 5.11 Å². The van der Waals surface area contributed by atoms with Crippen LogP contribution in [-0.2, 0) is 0 Å². The summed E-state index contributed by atoms with van der Waals surface area (Å²) in [7, 11) is 0. The van der Waals surface area contributed by atoms with Gasteiger partial charge in [0.05, 0.1) is 0 Å². The highest BCUT2D eigenvalue weighted by Crippen LogP contribution is 2.32. The molecule has 0 aliphatic heterocycles. The number of aliphatic hydroxyl groups is 1. The van der Waals surface area contributed by atoms with E-state index >= 15 is 0 Å². The normalized spacial score (nSPS) is 12.8. The zero-order chi connectivity index (χ0) is 15.7. The number of aryl methyl sites for hydroxylation is 1. The average Bonchev–Trinajstić information content (AvgIpc) is 2.54. The van der Waals surface area contributed by atoms with Crippen LogP contribution in [0.25, 0.3) is 10.8 Å². The van der Waals surface area contributed by atoms with Crippen molar-refractivity contribution in [1.82, 2.24) is 0 Å². The summed E-state index contributed by atoms with van der Waals surface area (Å²) < 4.78 is 0. The topological polar surface area (TPSA) is 20.2 Å². The SMILES string of the molecule is Cc1ccc2ccccc2c1C(O)c1ccc(C(C)C)cc1. The summed E-state index contributed by atoms with van der Waals surface area (Å²) in [5.41, 5.74) is 4.38. The molecule has 0 aliphatic carbocycles. The van der Waals surface area contributed by atoms with Gasteiger partial charge in [-0.25, -0.2) is 0 Å². The maximum Gasteiger partial charge on any atom is 0.105 e. The van der Waals surface area contributed by atoms with E-state index in [-0.39, 0.29) is 0 Å². The molecule has 1 N–H and O–H groups in total. The van der Waals surface area contributed by atoms with Crippen LogP contribution in [0.5, 0.6) is 0 Å². The van der Waals surface area contributed by atoms with Crippen LogP contribution in [0.2, 0.25) is 0 Å². The van der Waals surface area contributed by atoms with Crippen LogP contribution >= 0.6 is 0 Å². The van der Waals surface area contributed by atoms with Gasteiger partial charge in [-0.1, -0.05) is 74.5 Å². The lowest BCUT2D eigenvalue weighted by atomic mass is 9.91. The molecule has 0 heterocycles. The Kier molecular flexibility index (Phi) is 4.00. The van der Waals surface area contributed by atoms with Gasteiger partial charge in [0.1, 0.15) is 6.10 Å². The minimum absolute atomic E-state index is 0.505. The molecule has 3 aromatic carbocycles. The molecule has 22 heavy (non-hydrogen) atoms. The summed E-state index contributed by atoms with van der Waals surface area (Å²) in [6.07, 6.45) is -0.590. The predicted octanol–water partition coefficient (Wildman–Crippen LogP) is 5.35. The molecular weight excluding hydrogens is 268 g/mol. The first kappa shape index (κ1) is 14.8. The Balaban J connectivity index is 2.08. The van der Waals surface area contributed by atoms with Crippen LogP contribution in [0.3, 0.4) is 0 Å². The molecule has 112 valence electrons. The van der Waals surface area contributed by atoms with Gasteiger partial charge in [-0.15, -0.1) is 0 Å². The lowest BCUT2D eigenvalue weighted by molar-refractivity contribution is 0.221. The van der Waals surface area contributed by atoms with Crippen molar-refractivity contribution in [2.24, 2.45) is 0 Å². The number of hydrogen-bond acceptors (Lipinski definition) is 1. The molecule has 0 radical (unpaired) electrons. The maximum atomic E-state index is 10.9. The monoisotopic (exact) mass is 290 g/mol. The zero-order valence-electron chi connectivity index (χ0n) is 13.4. The minimum atomic E-state index is -0.590. The van der Waals surface area contributed by atoms with Crippen LogP contribution in [0.15, 0.2) is 60.7 Å². The Morgan fingerprint density at radius 2 is 1.41 bits per heavy atom. The molecule has 3 rings (SSSR count). The van der Waals surface area contributed by atoms with E-state index in [0.717, 1.165) is 22.1 Å². The third kappa shape index (κ3) is 2.65. The molecule has 0 saturated carbocycles. The van der Waals surface area contributed by atoms with E-state index in [2.05, 4.69) is 57.2 Å². The summed E-state index contributed by atoms with van der Waals surface area (Å²) >= 11 is 0. The number of fused-ring (bicyclic) bond motifs is 1. The predicted molar refractivity (Wildman–Crippen MR) is 93.3 cm³/mol. The van der Waals surface area contributed by atoms with Crippen molar-refractivity contribution in [2.45, 2.75) is 32.8 Å². The number of hydrogen-bond donors (Lipinski definition) is 1. The fraction of sp³-hybridized carbons (Fsp3) is 0.238. The third-order valence-electron chi connectivity index (χ3n) is 4.38. The Hall–Kier alpha value is -2.12. The van der Waals surface area contributed by atoms with Crippen molar-refractivity contribution >= 4 is 10.8 Å². The lowest BCUT2D eigenvalue weighted by Crippen LogP contribution is -2.03. The summed E-state index contributed by atoms with van der Waals surface area (Å²) in [6, 6.07) is 20.8. The van der Waals surface area contributed by atoms with Crippen molar-refractivity contribution in [1.29, 1.82) is 0 Å². The van der Waals surface area contributed by atoms with Crippen molar-refractivity contribution in [3.8, 4) is 0 Å². The fourth-order valence-electron chi connectivity index (χ4n) is 3.00. The first-order chi connectivity index (χ1) is 10.6. The van der Waals surface area contributed by atoms with Gasteiger partial charge in [0.25, 0.3) is 0 Å². The van der Waals surface area contributed by atoms with E-state index in [1.165, 1.54) is 10.9 Å². The van der Waals surface area contributed by atoms with Crippen LogP contribution in [-0.4, -0.2) is 5.11 Å². The summed E-state index contributed by atoms with van der Waals surface area (Å²) in [6.45, 7) is 6.42. The molecule has 1 heteroatoms. The number of benzene rings is 3. The van der Waals surface area contributed by atoms with Crippen LogP contribution in [0, 0.1) is 6.92 Å². The number of aliphatic hydroxyl groups excluding tert-OH is 1. The van der Waals surface area contributed by atoms with Gasteiger partial charge in [-0.05, 0) is 45.9 Å². The fourth-order valence-corrected chi connectivity index (χ4v) is 3.00. The van der Waals surface area contributed by atoms with E-state index in [0.29, 0.717) is 5.92 Å². The first-order valence-corrected chi connectivity index (χ1v) is 7.84. The molecule has 0 spiro atoms. The summed E-state index contributed by atoms with van der Waals surface area (Å²) in [5, 5.41) is 13.2. The second-order valence-corrected chi connectivity index (χ2v) is 6.24. The highest BCUT2D eigenvalue weighted by Gasteiger charge is 2.16. The van der Waals surface area contributed by atoms with Gasteiger partial charge in [0.2, 0.25) is 0 Å². The van der Waals surface area contributed by atoms with Crippen molar-refractivity contribution in [3.05, 3.63) is 82.9 Å². The Bertz CT molecular complexity index is 785. The average molecular weight is 290 g/mol. The largest absolute Gasteiger partial charge is 0.384 e. The van der Waals surface area contributed by atoms with E-state index in [4.69, 9.17) is 0 Å². The maximum absolute atomic E-state index is 10.9. The molecule has 0 saturated heterocycles. The Morgan fingerprint density at radius 3 is 2.09 bits per heavy atom. The Labute approximate surface area is 132 Å². The summed E-state index contributed by atoms with van der Waals surface area (Å²) in [5.74, 6) is 0.505. The van der Waals surface area contributed by atoms with E-state index in [9.17, 15) is 5.11 Å². The third-order valence-corrected chi connectivity index (χ3v) is 4.38. The molecule has 0 aromatic heterocycles. The summed E-state index contributed by atoms with van der Waals surface area (Å²) in [4.78, 5) is 0. The standard InChI is InChI=1S/C21H22O/c1-14(2)16-10-12-18(13-11-16)21(22)20-15(3)8-9-17-6-4-5-7-19(17)20/h4-14,21-22H,1-3H3. The van der Waals surface area contributed by atoms with E-state index < -0.39 is 6.10 Å². The molecule has 0 bridgehead atoms. The van der Waals surface area contributed by atoms with Gasteiger partial charge in [-0.2, -0.15) is 0 Å². The highest BCUT2D eigenvalue weighted by atomic mass is 16.3. The molecule has 1 unspecified atom stereocenters.